The van der Waals surface area contributed by atoms with E-state index in [9.17, 15) is 18.0 Å². The third-order valence-electron chi connectivity index (χ3n) is 4.49. The van der Waals surface area contributed by atoms with Crippen LogP contribution >= 0.6 is 0 Å². The zero-order valence-electron chi connectivity index (χ0n) is 17.0. The van der Waals surface area contributed by atoms with E-state index in [4.69, 9.17) is 4.74 Å². The smallest absolute Gasteiger partial charge is 0.410 e. The second-order valence-corrected chi connectivity index (χ2v) is 10.3. The molecule has 0 spiro atoms. The molecule has 1 aromatic rings. The quantitative estimate of drug-likeness (QED) is 0.806. The maximum absolute atomic E-state index is 12.3. The van der Waals surface area contributed by atoms with Crippen molar-refractivity contribution >= 4 is 21.8 Å². The zero-order valence-corrected chi connectivity index (χ0v) is 17.8. The predicted octanol–water partition coefficient (Wildman–Crippen LogP) is 2.67. The number of aryl methyl sites for hydroxylation is 1. The number of sulfone groups is 1. The van der Waals surface area contributed by atoms with Crippen molar-refractivity contribution < 1.29 is 22.7 Å². The van der Waals surface area contributed by atoms with Gasteiger partial charge in [0.1, 0.15) is 5.60 Å². The number of carbonyl (C=O) groups is 2. The standard InChI is InChI=1S/C20H30N2O5S/c1-15-5-7-17(8-6-15)28(25,26)14-11-18(23)21-16-9-12-22(13-10-16)19(24)27-20(2,3)4/h5-8,16H,9-14H2,1-4H3,(H,21,23). The lowest BCUT2D eigenvalue weighted by Gasteiger charge is -2.33. The summed E-state index contributed by atoms with van der Waals surface area (Å²) < 4.78 is 30.0. The Morgan fingerprint density at radius 1 is 1.14 bits per heavy atom. The van der Waals surface area contributed by atoms with E-state index >= 15 is 0 Å². The topological polar surface area (TPSA) is 92.8 Å². The number of benzene rings is 1. The van der Waals surface area contributed by atoms with Gasteiger partial charge < -0.3 is 15.0 Å². The SMILES string of the molecule is Cc1ccc(S(=O)(=O)CCC(=O)NC2CCN(C(=O)OC(C)(C)C)CC2)cc1. The van der Waals surface area contributed by atoms with E-state index in [1.807, 2.05) is 27.7 Å². The fourth-order valence-electron chi connectivity index (χ4n) is 2.92. The van der Waals surface area contributed by atoms with Gasteiger partial charge in [0.15, 0.2) is 9.84 Å². The molecule has 1 aliphatic heterocycles. The lowest BCUT2D eigenvalue weighted by atomic mass is 10.1. The number of ether oxygens (including phenoxy) is 1. The van der Waals surface area contributed by atoms with E-state index in [0.29, 0.717) is 25.9 Å². The Morgan fingerprint density at radius 2 is 1.71 bits per heavy atom. The fourth-order valence-corrected chi connectivity index (χ4v) is 4.16. The molecule has 1 N–H and O–H groups in total. The van der Waals surface area contributed by atoms with Gasteiger partial charge in [0.05, 0.1) is 10.6 Å². The van der Waals surface area contributed by atoms with Crippen LogP contribution in [0, 0.1) is 6.92 Å². The minimum atomic E-state index is -3.48. The number of rotatable bonds is 5. The van der Waals surface area contributed by atoms with Gasteiger partial charge in [0.2, 0.25) is 5.91 Å². The molecule has 0 aliphatic carbocycles. The number of carbonyl (C=O) groups excluding carboxylic acids is 2. The highest BCUT2D eigenvalue weighted by Crippen LogP contribution is 2.16. The molecule has 28 heavy (non-hydrogen) atoms. The van der Waals surface area contributed by atoms with Gasteiger partial charge in [-0.15, -0.1) is 0 Å². The predicted molar refractivity (Wildman–Crippen MR) is 107 cm³/mol. The summed E-state index contributed by atoms with van der Waals surface area (Å²) in [5.74, 6) is -0.509. The van der Waals surface area contributed by atoms with Gasteiger partial charge in [-0.05, 0) is 52.7 Å². The van der Waals surface area contributed by atoms with Crippen molar-refractivity contribution in [1.82, 2.24) is 10.2 Å². The third-order valence-corrected chi connectivity index (χ3v) is 6.22. The summed E-state index contributed by atoms with van der Waals surface area (Å²) >= 11 is 0. The van der Waals surface area contributed by atoms with Gasteiger partial charge >= 0.3 is 6.09 Å². The second kappa shape index (κ2) is 8.94. The first-order chi connectivity index (χ1) is 13.0. The van der Waals surface area contributed by atoms with E-state index in [1.165, 1.54) is 0 Å². The molecule has 1 heterocycles. The summed E-state index contributed by atoms with van der Waals surface area (Å²) in [4.78, 5) is 26.1. The molecule has 1 aliphatic rings. The number of likely N-dealkylation sites (tertiary alicyclic amines) is 1. The highest BCUT2D eigenvalue weighted by molar-refractivity contribution is 7.91. The summed E-state index contributed by atoms with van der Waals surface area (Å²) in [6.07, 6.45) is 0.815. The number of nitrogens with one attached hydrogen (secondary N) is 1. The molecule has 156 valence electrons. The van der Waals surface area contributed by atoms with Gasteiger partial charge in [-0.1, -0.05) is 17.7 Å². The number of nitrogens with zero attached hydrogens (tertiary/aromatic N) is 1. The maximum atomic E-state index is 12.3. The van der Waals surface area contributed by atoms with Crippen LogP contribution in [0.15, 0.2) is 29.2 Å². The molecule has 0 atom stereocenters. The molecule has 1 fully saturated rings. The number of hydrogen-bond donors (Lipinski definition) is 1. The highest BCUT2D eigenvalue weighted by Gasteiger charge is 2.27. The largest absolute Gasteiger partial charge is 0.444 e. The Labute approximate surface area is 167 Å². The Kier molecular flexibility index (Phi) is 7.09. The molecule has 1 aromatic carbocycles. The van der Waals surface area contributed by atoms with Crippen LogP contribution in [0.3, 0.4) is 0 Å². The van der Waals surface area contributed by atoms with Crippen molar-refractivity contribution in [2.24, 2.45) is 0 Å². The molecule has 0 aromatic heterocycles. The van der Waals surface area contributed by atoms with Gasteiger partial charge in [-0.3, -0.25) is 4.79 Å². The molecule has 0 radical (unpaired) electrons. The van der Waals surface area contributed by atoms with Gasteiger partial charge in [-0.25, -0.2) is 13.2 Å². The average molecular weight is 411 g/mol. The summed E-state index contributed by atoms with van der Waals surface area (Å²) in [5.41, 5.74) is 0.444. The van der Waals surface area contributed by atoms with Crippen molar-refractivity contribution in [3.8, 4) is 0 Å². The van der Waals surface area contributed by atoms with Crippen LogP contribution in [0.25, 0.3) is 0 Å². The maximum Gasteiger partial charge on any atom is 0.410 e. The van der Waals surface area contributed by atoms with Crippen molar-refractivity contribution in [1.29, 1.82) is 0 Å². The van der Waals surface area contributed by atoms with E-state index in [2.05, 4.69) is 5.32 Å². The van der Waals surface area contributed by atoms with Crippen LogP contribution in [-0.2, 0) is 19.4 Å². The fraction of sp³-hybridized carbons (Fsp3) is 0.600. The summed E-state index contributed by atoms with van der Waals surface area (Å²) in [5, 5.41) is 2.88. The van der Waals surface area contributed by atoms with E-state index in [1.54, 1.807) is 29.2 Å². The lowest BCUT2D eigenvalue weighted by molar-refractivity contribution is -0.121. The van der Waals surface area contributed by atoms with Gasteiger partial charge in [0.25, 0.3) is 0 Å². The molecule has 0 bridgehead atoms. The third kappa shape index (κ3) is 6.82. The van der Waals surface area contributed by atoms with Crippen molar-refractivity contribution in [2.45, 2.75) is 63.5 Å². The normalized spacial score (nSPS) is 15.9. The lowest BCUT2D eigenvalue weighted by Crippen LogP contribution is -2.48. The first-order valence-electron chi connectivity index (χ1n) is 9.53. The van der Waals surface area contributed by atoms with E-state index < -0.39 is 15.4 Å². The molecule has 8 heteroatoms. The van der Waals surface area contributed by atoms with Crippen molar-refractivity contribution in [2.75, 3.05) is 18.8 Å². The van der Waals surface area contributed by atoms with Crippen molar-refractivity contribution in [3.05, 3.63) is 29.8 Å². The van der Waals surface area contributed by atoms with Crippen LogP contribution < -0.4 is 5.32 Å². The molecule has 7 nitrogen and oxygen atoms in total. The van der Waals surface area contributed by atoms with Crippen LogP contribution in [0.2, 0.25) is 0 Å². The monoisotopic (exact) mass is 410 g/mol. The van der Waals surface area contributed by atoms with E-state index in [0.717, 1.165) is 5.56 Å². The van der Waals surface area contributed by atoms with Gasteiger partial charge in [-0.2, -0.15) is 0 Å². The first-order valence-corrected chi connectivity index (χ1v) is 11.2. The minimum Gasteiger partial charge on any atom is -0.444 e. The summed E-state index contributed by atoms with van der Waals surface area (Å²) in [6.45, 7) is 8.36. The molecule has 2 rings (SSSR count). The Hall–Kier alpha value is -2.09. The van der Waals surface area contributed by atoms with Crippen LogP contribution in [0.5, 0.6) is 0 Å². The van der Waals surface area contributed by atoms with Crippen LogP contribution in [0.4, 0.5) is 4.79 Å². The highest BCUT2D eigenvalue weighted by atomic mass is 32.2. The zero-order chi connectivity index (χ0) is 20.9. The summed E-state index contributed by atoms with van der Waals surface area (Å²) in [7, 11) is -3.48. The number of amides is 2. The molecule has 0 saturated carbocycles. The molecular formula is C20H30N2O5S. The Morgan fingerprint density at radius 3 is 2.25 bits per heavy atom. The first kappa shape index (κ1) is 22.2. The molecule has 2 amide bonds. The Bertz CT molecular complexity index is 789. The molecule has 1 saturated heterocycles. The second-order valence-electron chi connectivity index (χ2n) is 8.19. The number of hydrogen-bond acceptors (Lipinski definition) is 5. The Balaban J connectivity index is 1.77. The van der Waals surface area contributed by atoms with Crippen LogP contribution in [-0.4, -0.2) is 55.8 Å². The van der Waals surface area contributed by atoms with Gasteiger partial charge in [0, 0.05) is 25.6 Å². The molecule has 0 unspecified atom stereocenters. The minimum absolute atomic E-state index is 0.0618. The van der Waals surface area contributed by atoms with Crippen LogP contribution in [0.1, 0.15) is 45.6 Å². The summed E-state index contributed by atoms with van der Waals surface area (Å²) in [6, 6.07) is 6.55. The molecular weight excluding hydrogens is 380 g/mol. The van der Waals surface area contributed by atoms with E-state index in [-0.39, 0.29) is 35.1 Å². The van der Waals surface area contributed by atoms with Crippen molar-refractivity contribution in [3.63, 3.8) is 0 Å². The number of piperidine rings is 1. The average Bonchev–Trinajstić information content (AvgIpc) is 2.59.